The van der Waals surface area contributed by atoms with Crippen LogP contribution in [0.4, 0.5) is 17.6 Å². The molecule has 1 aromatic heterocycles. The lowest BCUT2D eigenvalue weighted by molar-refractivity contribution is -0.0500. The van der Waals surface area contributed by atoms with Gasteiger partial charge >= 0.3 is 15.6 Å². The molecule has 0 saturated carbocycles. The van der Waals surface area contributed by atoms with E-state index in [2.05, 4.69) is 19.1 Å². The Hall–Kier alpha value is -2.86. The molecule has 0 aliphatic carbocycles. The van der Waals surface area contributed by atoms with E-state index in [1.54, 1.807) is 6.07 Å². The molecule has 3 aromatic rings. The van der Waals surface area contributed by atoms with E-state index in [0.717, 1.165) is 42.9 Å². The number of hydrogen-bond acceptors (Lipinski definition) is 5. The number of rotatable bonds is 3. The van der Waals surface area contributed by atoms with Crippen LogP contribution in [0.25, 0.3) is 11.0 Å². The molecule has 1 aliphatic heterocycles. The quantitative estimate of drug-likeness (QED) is 0.314. The summed E-state index contributed by atoms with van der Waals surface area (Å²) in [6.45, 7) is 0.966. The molecule has 0 fully saturated rings. The van der Waals surface area contributed by atoms with E-state index in [0.29, 0.717) is 5.52 Å². The fraction of sp³-hybridized carbons (Fsp3) is 0.300. The Bertz CT molecular complexity index is 1280. The van der Waals surface area contributed by atoms with Crippen LogP contribution in [-0.2, 0) is 23.1 Å². The molecule has 0 radical (unpaired) electrons. The number of carbonyl (C=O) groups excluding carboxylic acids is 1. The van der Waals surface area contributed by atoms with Crippen LogP contribution in [0.2, 0.25) is 5.02 Å². The van der Waals surface area contributed by atoms with Crippen LogP contribution in [0, 0.1) is 5.82 Å². The van der Waals surface area contributed by atoms with Gasteiger partial charge in [-0.1, -0.05) is 25.1 Å². The Morgan fingerprint density at radius 3 is 2.58 bits per heavy atom. The van der Waals surface area contributed by atoms with Crippen molar-refractivity contribution in [3.63, 3.8) is 0 Å². The molecule has 1 amide bonds. The van der Waals surface area contributed by atoms with Gasteiger partial charge in [-0.15, -0.1) is 0 Å². The molecule has 0 spiro atoms. The monoisotopic (exact) mass is 509 g/mol. The number of carbonyl (C=O) groups is 1. The fourth-order valence-corrected chi connectivity index (χ4v) is 3.62. The minimum Gasteiger partial charge on any atom is -0.376 e. The average molecular weight is 510 g/mol. The Kier molecular flexibility index (Phi) is 7.96. The first-order valence-electron chi connectivity index (χ1n) is 9.10. The number of amides is 1. The summed E-state index contributed by atoms with van der Waals surface area (Å²) >= 11 is 5.73. The fourth-order valence-electron chi connectivity index (χ4n) is 3.01. The van der Waals surface area contributed by atoms with Gasteiger partial charge in [-0.3, -0.25) is 4.79 Å². The van der Waals surface area contributed by atoms with Crippen molar-refractivity contribution in [3.8, 4) is 5.75 Å². The van der Waals surface area contributed by atoms with Crippen molar-refractivity contribution in [2.75, 3.05) is 7.05 Å². The Labute approximate surface area is 192 Å². The number of imidazole rings is 1. The largest absolute Gasteiger partial charge is 0.534 e. The smallest absolute Gasteiger partial charge is 0.376 e. The first kappa shape index (κ1) is 26.4. The number of fused-ring (bicyclic) bond motifs is 3. The van der Waals surface area contributed by atoms with Gasteiger partial charge in [-0.25, -0.2) is 9.37 Å². The van der Waals surface area contributed by atoms with E-state index in [1.165, 1.54) is 25.2 Å². The van der Waals surface area contributed by atoms with Crippen molar-refractivity contribution in [1.29, 1.82) is 0 Å². The van der Waals surface area contributed by atoms with Gasteiger partial charge in [0.25, 0.3) is 5.91 Å². The van der Waals surface area contributed by atoms with Crippen LogP contribution in [0.3, 0.4) is 0 Å². The van der Waals surface area contributed by atoms with Crippen LogP contribution < -0.4 is 9.50 Å². The summed E-state index contributed by atoms with van der Waals surface area (Å²) < 4.78 is 76.7. The highest BCUT2D eigenvalue weighted by Gasteiger charge is 2.48. The van der Waals surface area contributed by atoms with E-state index in [-0.39, 0.29) is 18.0 Å². The number of aryl methyl sites for hydroxylation is 2. The molecule has 7 nitrogen and oxygen atoms in total. The van der Waals surface area contributed by atoms with Crippen LogP contribution in [-0.4, -0.2) is 36.4 Å². The summed E-state index contributed by atoms with van der Waals surface area (Å²) in [7, 11) is -4.41. The maximum absolute atomic E-state index is 13.1. The van der Waals surface area contributed by atoms with Gasteiger partial charge in [0.2, 0.25) is 0 Å². The van der Waals surface area contributed by atoms with Gasteiger partial charge < -0.3 is 14.1 Å². The molecule has 2 aromatic carbocycles. The first-order chi connectivity index (χ1) is 14.9. The molecule has 0 bridgehead atoms. The lowest BCUT2D eigenvalue weighted by Gasteiger charge is -2.09. The molecule has 1 aliphatic rings. The molecule has 180 valence electrons. The lowest BCUT2D eigenvalue weighted by Crippen LogP contribution is -2.28. The Morgan fingerprint density at radius 2 is 1.94 bits per heavy atom. The zero-order valence-electron chi connectivity index (χ0n) is 16.4. The molecule has 0 atom stereocenters. The van der Waals surface area contributed by atoms with Crippen molar-refractivity contribution >= 4 is 38.7 Å². The third kappa shape index (κ3) is 5.74. The number of halogens is 5. The first-order valence-corrected chi connectivity index (χ1v) is 10.9. The number of nitrogens with one attached hydrogen (secondary N) is 1. The van der Waals surface area contributed by atoms with Gasteiger partial charge in [-0.2, -0.15) is 21.6 Å². The third-order valence-electron chi connectivity index (χ3n) is 4.46. The summed E-state index contributed by atoms with van der Waals surface area (Å²) in [5, 5.41) is 2.41. The second-order valence-electron chi connectivity index (χ2n) is 6.63. The molecule has 0 saturated heterocycles. The molecular formula is C20H20ClF4N3O4S. The average Bonchev–Trinajstić information content (AvgIpc) is 3.29. The SMILES string of the molecule is C.CNC(=O)c1cccc(OS(=O)(=O)C(F)(F)F)c1.Fc1cc2nc3n(c2cc1Cl)CCC3. The number of nitrogens with zero attached hydrogens (tertiary/aromatic N) is 2. The predicted molar refractivity (Wildman–Crippen MR) is 115 cm³/mol. The Balaban J connectivity index is 0.000000231. The highest BCUT2D eigenvalue weighted by Crippen LogP contribution is 2.28. The lowest BCUT2D eigenvalue weighted by atomic mass is 10.2. The van der Waals surface area contributed by atoms with Crippen molar-refractivity contribution < 1.29 is 35.0 Å². The number of hydrogen-bond donors (Lipinski definition) is 1. The minimum atomic E-state index is -5.73. The van der Waals surface area contributed by atoms with Gasteiger partial charge in [0.05, 0.1) is 16.1 Å². The normalized spacial score (nSPS) is 12.9. The molecular weight excluding hydrogens is 490 g/mol. The molecule has 33 heavy (non-hydrogen) atoms. The summed E-state index contributed by atoms with van der Waals surface area (Å²) in [5.41, 5.74) is -3.88. The standard InChI is InChI=1S/C10H8ClFN2.C9H8F3NO4S.CH4/c11-6-4-9-8(5-7(6)12)13-10-2-1-3-14(9)10;1-13-8(14)6-3-2-4-7(5-6)17-18(15,16)9(10,11)12;/h4-5H,1-3H2;2-5H,1H3,(H,13,14);1H4. The molecule has 13 heteroatoms. The highest BCUT2D eigenvalue weighted by molar-refractivity contribution is 7.88. The van der Waals surface area contributed by atoms with Gasteiger partial charge in [0.15, 0.2) is 0 Å². The molecule has 1 N–H and O–H groups in total. The highest BCUT2D eigenvalue weighted by atomic mass is 35.5. The van der Waals surface area contributed by atoms with Crippen LogP contribution in [0.5, 0.6) is 5.75 Å². The van der Waals surface area contributed by atoms with Crippen LogP contribution >= 0.6 is 11.6 Å². The van der Waals surface area contributed by atoms with E-state index in [4.69, 9.17) is 11.6 Å². The van der Waals surface area contributed by atoms with Crippen molar-refractivity contribution in [3.05, 3.63) is 58.6 Å². The zero-order chi connectivity index (χ0) is 23.7. The maximum atomic E-state index is 13.1. The van der Waals surface area contributed by atoms with Crippen LogP contribution in [0.15, 0.2) is 36.4 Å². The van der Waals surface area contributed by atoms with Crippen molar-refractivity contribution in [1.82, 2.24) is 14.9 Å². The van der Waals surface area contributed by atoms with E-state index in [1.807, 2.05) is 0 Å². The number of benzene rings is 2. The maximum Gasteiger partial charge on any atom is 0.534 e. The molecule has 0 unspecified atom stereocenters. The molecule has 2 heterocycles. The van der Waals surface area contributed by atoms with Gasteiger partial charge in [0.1, 0.15) is 17.4 Å². The zero-order valence-corrected chi connectivity index (χ0v) is 18.0. The summed E-state index contributed by atoms with van der Waals surface area (Å²) in [5.74, 6) is -0.518. The topological polar surface area (TPSA) is 90.3 Å². The number of aromatic nitrogens is 2. The van der Waals surface area contributed by atoms with Crippen molar-refractivity contribution in [2.24, 2.45) is 0 Å². The van der Waals surface area contributed by atoms with E-state index < -0.39 is 33.1 Å². The van der Waals surface area contributed by atoms with Gasteiger partial charge in [-0.05, 0) is 30.7 Å². The van der Waals surface area contributed by atoms with Crippen LogP contribution in [0.1, 0.15) is 30.0 Å². The minimum absolute atomic E-state index is 0. The summed E-state index contributed by atoms with van der Waals surface area (Å²) in [6.07, 6.45) is 2.10. The Morgan fingerprint density at radius 1 is 1.24 bits per heavy atom. The van der Waals surface area contributed by atoms with E-state index in [9.17, 15) is 30.8 Å². The number of alkyl halides is 3. The second kappa shape index (κ2) is 9.96. The summed E-state index contributed by atoms with van der Waals surface area (Å²) in [4.78, 5) is 15.5. The summed E-state index contributed by atoms with van der Waals surface area (Å²) in [6, 6.07) is 7.45. The predicted octanol–water partition coefficient (Wildman–Crippen LogP) is 4.69. The second-order valence-corrected chi connectivity index (χ2v) is 8.57. The van der Waals surface area contributed by atoms with Crippen molar-refractivity contribution in [2.45, 2.75) is 32.3 Å². The van der Waals surface area contributed by atoms with E-state index >= 15 is 0 Å². The van der Waals surface area contributed by atoms with Gasteiger partial charge in [0, 0.05) is 31.6 Å². The molecule has 4 rings (SSSR count). The third-order valence-corrected chi connectivity index (χ3v) is 5.73.